The van der Waals surface area contributed by atoms with Gasteiger partial charge in [0.1, 0.15) is 0 Å². The summed E-state index contributed by atoms with van der Waals surface area (Å²) in [5, 5.41) is 4.35. The molecule has 3 rings (SSSR count). The van der Waals surface area contributed by atoms with Gasteiger partial charge in [-0.15, -0.1) is 0 Å². The third-order valence-electron chi connectivity index (χ3n) is 5.28. The monoisotopic (exact) mass is 404 g/mol. The largest absolute Gasteiger partial charge is 0.349 e. The van der Waals surface area contributed by atoms with E-state index in [1.807, 2.05) is 25.1 Å². The predicted molar refractivity (Wildman–Crippen MR) is 112 cm³/mol. The van der Waals surface area contributed by atoms with Gasteiger partial charge in [0.25, 0.3) is 0 Å². The number of halogens is 2. The number of piperidine rings is 1. The van der Waals surface area contributed by atoms with Crippen molar-refractivity contribution in [2.45, 2.75) is 39.3 Å². The van der Waals surface area contributed by atoms with Crippen LogP contribution in [0.3, 0.4) is 0 Å². The van der Waals surface area contributed by atoms with Crippen LogP contribution in [0, 0.1) is 12.8 Å². The molecule has 0 saturated carbocycles. The number of amides is 1. The van der Waals surface area contributed by atoms with Crippen LogP contribution in [0.25, 0.3) is 0 Å². The second-order valence-corrected chi connectivity index (χ2v) is 8.25. The molecule has 1 aliphatic rings. The molecular weight excluding hydrogens is 379 g/mol. The predicted octanol–water partition coefficient (Wildman–Crippen LogP) is 5.39. The van der Waals surface area contributed by atoms with Crippen molar-refractivity contribution in [3.05, 3.63) is 69.2 Å². The molecular formula is C22H26Cl2N2O. The highest BCUT2D eigenvalue weighted by Gasteiger charge is 2.26. The lowest BCUT2D eigenvalue weighted by Gasteiger charge is -2.32. The summed E-state index contributed by atoms with van der Waals surface area (Å²) >= 11 is 12.1. The van der Waals surface area contributed by atoms with Crippen molar-refractivity contribution >= 4 is 29.1 Å². The van der Waals surface area contributed by atoms with E-state index in [0.717, 1.165) is 43.6 Å². The maximum absolute atomic E-state index is 12.6. The minimum atomic E-state index is 0.0346. The molecule has 0 aliphatic carbocycles. The molecule has 0 radical (unpaired) electrons. The van der Waals surface area contributed by atoms with E-state index in [4.69, 9.17) is 23.2 Å². The highest BCUT2D eigenvalue weighted by atomic mass is 35.5. The number of aryl methyl sites for hydroxylation is 1. The molecule has 1 amide bonds. The number of carbonyl (C=O) groups is 1. The van der Waals surface area contributed by atoms with Crippen LogP contribution in [-0.4, -0.2) is 23.9 Å². The highest BCUT2D eigenvalue weighted by Crippen LogP contribution is 2.25. The summed E-state index contributed by atoms with van der Waals surface area (Å²) in [6.07, 6.45) is 1.77. The summed E-state index contributed by atoms with van der Waals surface area (Å²) in [5.74, 6) is 0.250. The number of benzene rings is 2. The van der Waals surface area contributed by atoms with E-state index in [1.165, 1.54) is 5.56 Å². The highest BCUT2D eigenvalue weighted by molar-refractivity contribution is 6.42. The SMILES string of the molecule is Cc1ccc([C@H](C)NC(=O)C2CCN(Cc3ccc(Cl)c(Cl)c3)CC2)cc1. The molecule has 1 atom stereocenters. The first kappa shape index (κ1) is 20.2. The molecule has 1 aliphatic heterocycles. The van der Waals surface area contributed by atoms with Gasteiger partial charge in [0, 0.05) is 12.5 Å². The van der Waals surface area contributed by atoms with Crippen LogP contribution in [0.2, 0.25) is 10.0 Å². The minimum absolute atomic E-state index is 0.0346. The molecule has 0 aromatic heterocycles. The number of nitrogens with one attached hydrogen (secondary N) is 1. The molecule has 1 N–H and O–H groups in total. The maximum Gasteiger partial charge on any atom is 0.223 e. The van der Waals surface area contributed by atoms with Crippen LogP contribution >= 0.6 is 23.2 Å². The average Bonchev–Trinajstić information content (AvgIpc) is 2.66. The Bertz CT molecular complexity index is 783. The van der Waals surface area contributed by atoms with Crippen molar-refractivity contribution in [2.24, 2.45) is 5.92 Å². The smallest absolute Gasteiger partial charge is 0.223 e. The van der Waals surface area contributed by atoms with E-state index in [-0.39, 0.29) is 17.9 Å². The lowest BCUT2D eigenvalue weighted by Crippen LogP contribution is -2.40. The van der Waals surface area contributed by atoms with Crippen LogP contribution in [-0.2, 0) is 11.3 Å². The number of rotatable bonds is 5. The summed E-state index contributed by atoms with van der Waals surface area (Å²) < 4.78 is 0. The Morgan fingerprint density at radius 1 is 1.11 bits per heavy atom. The Morgan fingerprint density at radius 2 is 1.78 bits per heavy atom. The Hall–Kier alpha value is -1.55. The maximum atomic E-state index is 12.6. The zero-order chi connectivity index (χ0) is 19.4. The lowest BCUT2D eigenvalue weighted by atomic mass is 9.94. The van der Waals surface area contributed by atoms with Crippen molar-refractivity contribution in [2.75, 3.05) is 13.1 Å². The third-order valence-corrected chi connectivity index (χ3v) is 6.02. The third kappa shape index (κ3) is 5.47. The Morgan fingerprint density at radius 3 is 2.41 bits per heavy atom. The van der Waals surface area contributed by atoms with Crippen LogP contribution in [0.15, 0.2) is 42.5 Å². The van der Waals surface area contributed by atoms with Crippen molar-refractivity contribution in [3.63, 3.8) is 0 Å². The van der Waals surface area contributed by atoms with Crippen LogP contribution in [0.5, 0.6) is 0 Å². The number of carbonyl (C=O) groups excluding carboxylic acids is 1. The molecule has 0 bridgehead atoms. The molecule has 144 valence electrons. The molecule has 0 spiro atoms. The van der Waals surface area contributed by atoms with E-state index in [2.05, 4.69) is 41.4 Å². The van der Waals surface area contributed by atoms with Gasteiger partial charge in [-0.1, -0.05) is 59.1 Å². The van der Waals surface area contributed by atoms with Gasteiger partial charge in [0.15, 0.2) is 0 Å². The summed E-state index contributed by atoms with van der Waals surface area (Å²) in [4.78, 5) is 15.0. The van der Waals surface area contributed by atoms with E-state index in [9.17, 15) is 4.79 Å². The van der Waals surface area contributed by atoms with Crippen LogP contribution in [0.4, 0.5) is 0 Å². The molecule has 5 heteroatoms. The standard InChI is InChI=1S/C22H26Cl2N2O/c1-15-3-6-18(7-4-15)16(2)25-22(27)19-9-11-26(12-10-19)14-17-5-8-20(23)21(24)13-17/h3-8,13,16,19H,9-12,14H2,1-2H3,(H,25,27)/t16-/m0/s1. The molecule has 1 heterocycles. The minimum Gasteiger partial charge on any atom is -0.349 e. The van der Waals surface area contributed by atoms with Gasteiger partial charge < -0.3 is 5.32 Å². The Kier molecular flexibility index (Phi) is 6.80. The normalized spacial score (nSPS) is 16.9. The van der Waals surface area contributed by atoms with Gasteiger partial charge in [-0.25, -0.2) is 0 Å². The summed E-state index contributed by atoms with van der Waals surface area (Å²) in [6, 6.07) is 14.1. The second-order valence-electron chi connectivity index (χ2n) is 7.44. The van der Waals surface area contributed by atoms with Gasteiger partial charge in [-0.3, -0.25) is 9.69 Å². The van der Waals surface area contributed by atoms with Crippen molar-refractivity contribution < 1.29 is 4.79 Å². The first-order valence-corrected chi connectivity index (χ1v) is 10.2. The van der Waals surface area contributed by atoms with E-state index in [1.54, 1.807) is 0 Å². The quantitative estimate of drug-likeness (QED) is 0.723. The second kappa shape index (κ2) is 9.09. The molecule has 1 fully saturated rings. The summed E-state index contributed by atoms with van der Waals surface area (Å²) in [7, 11) is 0. The number of hydrogen-bond donors (Lipinski definition) is 1. The zero-order valence-corrected chi connectivity index (χ0v) is 17.4. The summed E-state index contributed by atoms with van der Waals surface area (Å²) in [6.45, 7) is 6.78. The molecule has 2 aromatic carbocycles. The molecule has 27 heavy (non-hydrogen) atoms. The zero-order valence-electron chi connectivity index (χ0n) is 15.8. The average molecular weight is 405 g/mol. The van der Waals surface area contributed by atoms with Crippen molar-refractivity contribution in [1.29, 1.82) is 0 Å². The lowest BCUT2D eigenvalue weighted by molar-refractivity contribution is -0.127. The fourth-order valence-corrected chi connectivity index (χ4v) is 3.84. The fourth-order valence-electron chi connectivity index (χ4n) is 3.52. The molecule has 1 saturated heterocycles. The first-order chi connectivity index (χ1) is 12.9. The number of likely N-dealkylation sites (tertiary alicyclic amines) is 1. The van der Waals surface area contributed by atoms with Gasteiger partial charge in [-0.05, 0) is 63.0 Å². The number of hydrogen-bond acceptors (Lipinski definition) is 2. The van der Waals surface area contributed by atoms with E-state index in [0.29, 0.717) is 10.0 Å². The molecule has 0 unspecified atom stereocenters. The van der Waals surface area contributed by atoms with Gasteiger partial charge in [0.05, 0.1) is 16.1 Å². The van der Waals surface area contributed by atoms with Crippen molar-refractivity contribution in [3.8, 4) is 0 Å². The Balaban J connectivity index is 1.48. The molecule has 3 nitrogen and oxygen atoms in total. The van der Waals surface area contributed by atoms with Gasteiger partial charge in [0.2, 0.25) is 5.91 Å². The van der Waals surface area contributed by atoms with Crippen LogP contribution < -0.4 is 5.32 Å². The van der Waals surface area contributed by atoms with Crippen molar-refractivity contribution in [1.82, 2.24) is 10.2 Å². The topological polar surface area (TPSA) is 32.3 Å². The Labute approximate surface area is 171 Å². The van der Waals surface area contributed by atoms with Crippen LogP contribution in [0.1, 0.15) is 42.5 Å². The summed E-state index contributed by atoms with van der Waals surface area (Å²) in [5.41, 5.74) is 3.53. The van der Waals surface area contributed by atoms with Gasteiger partial charge >= 0.3 is 0 Å². The first-order valence-electron chi connectivity index (χ1n) is 9.45. The fraction of sp³-hybridized carbons (Fsp3) is 0.409. The van der Waals surface area contributed by atoms with Gasteiger partial charge in [-0.2, -0.15) is 0 Å². The van der Waals surface area contributed by atoms with E-state index < -0.39 is 0 Å². The van der Waals surface area contributed by atoms with E-state index >= 15 is 0 Å². The molecule has 2 aromatic rings. The number of nitrogens with zero attached hydrogens (tertiary/aromatic N) is 1.